The van der Waals surface area contributed by atoms with E-state index in [0.717, 1.165) is 30.0 Å². The van der Waals surface area contributed by atoms with Gasteiger partial charge in [-0.3, -0.25) is 4.79 Å². The zero-order valence-electron chi connectivity index (χ0n) is 17.9. The molecule has 0 radical (unpaired) electrons. The summed E-state index contributed by atoms with van der Waals surface area (Å²) in [5.41, 5.74) is 2.85. The van der Waals surface area contributed by atoms with Gasteiger partial charge in [-0.2, -0.15) is 4.98 Å². The highest BCUT2D eigenvalue weighted by Gasteiger charge is 2.14. The molecule has 2 heterocycles. The third-order valence-corrected chi connectivity index (χ3v) is 5.37. The lowest BCUT2D eigenvalue weighted by Gasteiger charge is -2.28. The van der Waals surface area contributed by atoms with E-state index in [0.29, 0.717) is 30.4 Å². The Hall–Kier alpha value is -3.41. The first-order valence-corrected chi connectivity index (χ1v) is 10.9. The molecule has 1 fully saturated rings. The lowest BCUT2D eigenvalue weighted by atomic mass is 10.0. The highest BCUT2D eigenvalue weighted by Crippen LogP contribution is 2.21. The molecular formula is C25H28N4O2. The Balaban J connectivity index is 1.28. The minimum Gasteiger partial charge on any atom is -0.476 e. The SMILES string of the molecule is Cc1nc(OCCNC(=O)c2ccc(-c3ccccc3)cc2)cc(N2CCCCC2)n1. The van der Waals surface area contributed by atoms with Crippen LogP contribution in [0.3, 0.4) is 0 Å². The van der Waals surface area contributed by atoms with Crippen molar-refractivity contribution in [3.63, 3.8) is 0 Å². The van der Waals surface area contributed by atoms with E-state index in [1.54, 1.807) is 0 Å². The molecule has 1 aliphatic heterocycles. The van der Waals surface area contributed by atoms with Crippen LogP contribution in [0.25, 0.3) is 11.1 Å². The molecule has 6 heteroatoms. The summed E-state index contributed by atoms with van der Waals surface area (Å²) in [6, 6.07) is 19.6. The van der Waals surface area contributed by atoms with Crippen LogP contribution in [0, 0.1) is 6.92 Å². The predicted octanol–water partition coefficient (Wildman–Crippen LogP) is 4.25. The zero-order chi connectivity index (χ0) is 21.5. The van der Waals surface area contributed by atoms with Gasteiger partial charge in [0.15, 0.2) is 0 Å². The second-order valence-electron chi connectivity index (χ2n) is 7.71. The molecular weight excluding hydrogens is 388 g/mol. The van der Waals surface area contributed by atoms with Crippen LogP contribution < -0.4 is 15.0 Å². The number of aromatic nitrogens is 2. The largest absolute Gasteiger partial charge is 0.476 e. The quantitative estimate of drug-likeness (QED) is 0.583. The van der Waals surface area contributed by atoms with Crippen molar-refractivity contribution in [1.29, 1.82) is 0 Å². The van der Waals surface area contributed by atoms with Crippen LogP contribution in [0.15, 0.2) is 60.7 Å². The van der Waals surface area contributed by atoms with E-state index in [1.807, 2.05) is 55.5 Å². The first-order chi connectivity index (χ1) is 15.2. The fraction of sp³-hybridized carbons (Fsp3) is 0.320. The number of anilines is 1. The normalized spacial score (nSPS) is 13.6. The molecule has 31 heavy (non-hydrogen) atoms. The van der Waals surface area contributed by atoms with Gasteiger partial charge < -0.3 is 15.0 Å². The van der Waals surface area contributed by atoms with Gasteiger partial charge in [-0.05, 0) is 49.4 Å². The number of aryl methyl sites for hydroxylation is 1. The van der Waals surface area contributed by atoms with Gasteiger partial charge in [0, 0.05) is 24.7 Å². The average Bonchev–Trinajstić information content (AvgIpc) is 2.82. The topological polar surface area (TPSA) is 67.3 Å². The van der Waals surface area contributed by atoms with E-state index in [4.69, 9.17) is 4.74 Å². The zero-order valence-corrected chi connectivity index (χ0v) is 17.9. The van der Waals surface area contributed by atoms with E-state index >= 15 is 0 Å². The van der Waals surface area contributed by atoms with Crippen molar-refractivity contribution < 1.29 is 9.53 Å². The van der Waals surface area contributed by atoms with Crippen molar-refractivity contribution >= 4 is 11.7 Å². The standard InChI is InChI=1S/C25H28N4O2/c1-19-27-23(29-15-6-3-7-16-29)18-24(28-19)31-17-14-26-25(30)22-12-10-21(11-13-22)20-8-4-2-5-9-20/h2,4-5,8-13,18H,3,6-7,14-17H2,1H3,(H,26,30). The summed E-state index contributed by atoms with van der Waals surface area (Å²) in [6.45, 7) is 4.68. The van der Waals surface area contributed by atoms with E-state index in [-0.39, 0.29) is 5.91 Å². The van der Waals surface area contributed by atoms with Gasteiger partial charge in [-0.15, -0.1) is 0 Å². The van der Waals surface area contributed by atoms with Crippen molar-refractivity contribution in [2.75, 3.05) is 31.1 Å². The Bertz CT molecular complexity index is 1000. The molecule has 0 atom stereocenters. The molecule has 1 amide bonds. The molecule has 0 spiro atoms. The third-order valence-electron chi connectivity index (χ3n) is 5.37. The number of benzene rings is 2. The maximum absolute atomic E-state index is 12.4. The summed E-state index contributed by atoms with van der Waals surface area (Å²) in [5.74, 6) is 2.05. The number of hydrogen-bond donors (Lipinski definition) is 1. The first-order valence-electron chi connectivity index (χ1n) is 10.9. The maximum Gasteiger partial charge on any atom is 0.251 e. The van der Waals surface area contributed by atoms with Crippen LogP contribution in [-0.2, 0) is 0 Å². The number of ether oxygens (including phenoxy) is 1. The van der Waals surface area contributed by atoms with Gasteiger partial charge in [0.2, 0.25) is 5.88 Å². The van der Waals surface area contributed by atoms with E-state index < -0.39 is 0 Å². The van der Waals surface area contributed by atoms with E-state index in [1.165, 1.54) is 19.3 Å². The van der Waals surface area contributed by atoms with E-state index in [9.17, 15) is 4.79 Å². The van der Waals surface area contributed by atoms with Crippen molar-refractivity contribution in [2.45, 2.75) is 26.2 Å². The van der Waals surface area contributed by atoms with Crippen molar-refractivity contribution in [1.82, 2.24) is 15.3 Å². The number of nitrogens with one attached hydrogen (secondary N) is 1. The van der Waals surface area contributed by atoms with Gasteiger partial charge in [0.1, 0.15) is 18.2 Å². The molecule has 1 N–H and O–H groups in total. The monoisotopic (exact) mass is 416 g/mol. The van der Waals surface area contributed by atoms with Crippen LogP contribution in [0.1, 0.15) is 35.4 Å². The van der Waals surface area contributed by atoms with Crippen LogP contribution in [0.4, 0.5) is 5.82 Å². The van der Waals surface area contributed by atoms with Crippen molar-refractivity contribution in [3.05, 3.63) is 72.1 Å². The molecule has 3 aromatic rings. The second-order valence-corrected chi connectivity index (χ2v) is 7.71. The molecule has 0 unspecified atom stereocenters. The fourth-order valence-electron chi connectivity index (χ4n) is 3.75. The van der Waals surface area contributed by atoms with Gasteiger partial charge in [0.25, 0.3) is 5.91 Å². The third kappa shape index (κ3) is 5.60. The molecule has 6 nitrogen and oxygen atoms in total. The van der Waals surface area contributed by atoms with Crippen LogP contribution in [0.2, 0.25) is 0 Å². The average molecular weight is 417 g/mol. The molecule has 1 saturated heterocycles. The number of carbonyl (C=O) groups excluding carboxylic acids is 1. The molecule has 2 aromatic carbocycles. The van der Waals surface area contributed by atoms with Gasteiger partial charge in [0.05, 0.1) is 6.54 Å². The van der Waals surface area contributed by atoms with Crippen LogP contribution >= 0.6 is 0 Å². The molecule has 0 saturated carbocycles. The minimum absolute atomic E-state index is 0.115. The Kier molecular flexibility index (Phi) is 6.77. The number of piperidine rings is 1. The van der Waals surface area contributed by atoms with Crippen molar-refractivity contribution in [3.8, 4) is 17.0 Å². The Morgan fingerprint density at radius 1 is 0.968 bits per heavy atom. The molecule has 160 valence electrons. The molecule has 0 bridgehead atoms. The number of hydrogen-bond acceptors (Lipinski definition) is 5. The Labute approximate surface area is 183 Å². The number of amides is 1. The summed E-state index contributed by atoms with van der Waals surface area (Å²) in [6.07, 6.45) is 3.66. The Morgan fingerprint density at radius 3 is 2.42 bits per heavy atom. The van der Waals surface area contributed by atoms with Crippen LogP contribution in [-0.4, -0.2) is 42.1 Å². The highest BCUT2D eigenvalue weighted by molar-refractivity contribution is 5.94. The smallest absolute Gasteiger partial charge is 0.251 e. The van der Waals surface area contributed by atoms with Gasteiger partial charge in [-0.25, -0.2) is 4.98 Å². The number of nitrogens with zero attached hydrogens (tertiary/aromatic N) is 3. The molecule has 1 aromatic heterocycles. The number of carbonyl (C=O) groups is 1. The maximum atomic E-state index is 12.4. The molecule has 1 aliphatic rings. The summed E-state index contributed by atoms with van der Waals surface area (Å²) in [7, 11) is 0. The second kappa shape index (κ2) is 10.1. The van der Waals surface area contributed by atoms with Gasteiger partial charge in [-0.1, -0.05) is 42.5 Å². The number of rotatable bonds is 7. The summed E-state index contributed by atoms with van der Waals surface area (Å²) in [5, 5.41) is 2.90. The summed E-state index contributed by atoms with van der Waals surface area (Å²) in [4.78, 5) is 23.6. The Morgan fingerprint density at radius 2 is 1.68 bits per heavy atom. The van der Waals surface area contributed by atoms with Gasteiger partial charge >= 0.3 is 0 Å². The lowest BCUT2D eigenvalue weighted by Crippen LogP contribution is -2.30. The summed E-state index contributed by atoms with van der Waals surface area (Å²) < 4.78 is 5.79. The molecule has 0 aliphatic carbocycles. The predicted molar refractivity (Wildman–Crippen MR) is 123 cm³/mol. The van der Waals surface area contributed by atoms with E-state index in [2.05, 4.69) is 32.3 Å². The highest BCUT2D eigenvalue weighted by atomic mass is 16.5. The first kappa shape index (κ1) is 20.8. The molecule has 4 rings (SSSR count). The van der Waals surface area contributed by atoms with Crippen molar-refractivity contribution in [2.24, 2.45) is 0 Å². The van der Waals surface area contributed by atoms with Crippen LogP contribution in [0.5, 0.6) is 5.88 Å². The minimum atomic E-state index is -0.115. The fourth-order valence-corrected chi connectivity index (χ4v) is 3.75. The lowest BCUT2D eigenvalue weighted by molar-refractivity contribution is 0.0946. The summed E-state index contributed by atoms with van der Waals surface area (Å²) >= 11 is 0.